The van der Waals surface area contributed by atoms with Gasteiger partial charge in [0.1, 0.15) is 21.8 Å². The van der Waals surface area contributed by atoms with E-state index in [1.807, 2.05) is 35.2 Å². The summed E-state index contributed by atoms with van der Waals surface area (Å²) >= 11 is 0. The second-order valence-electron chi connectivity index (χ2n) is 6.14. The third-order valence-electron chi connectivity index (χ3n) is 4.26. The molecular weight excluding hydrogens is 587 g/mol. The molecule has 162 valence electrons. The van der Waals surface area contributed by atoms with Gasteiger partial charge in [0.2, 0.25) is 0 Å². The molecule has 0 amide bonds. The molecular formula is C17H46B3N6Y3. The molecule has 0 aliphatic heterocycles. The van der Waals surface area contributed by atoms with Gasteiger partial charge in [-0.15, -0.1) is 0 Å². The molecule has 3 atom stereocenters. The van der Waals surface area contributed by atoms with Crippen LogP contribution in [0.5, 0.6) is 0 Å². The number of rotatable bonds is 14. The molecule has 0 fully saturated rings. The normalized spacial score (nSPS) is 11.9. The van der Waals surface area contributed by atoms with Crippen LogP contribution >= 0.6 is 0 Å². The third-order valence-corrected chi connectivity index (χ3v) is 4.26. The zero-order chi connectivity index (χ0) is 20.6. The van der Waals surface area contributed by atoms with Crippen molar-refractivity contribution in [2.24, 2.45) is 17.2 Å². The van der Waals surface area contributed by atoms with Crippen LogP contribution < -0.4 is 33.2 Å². The zero-order valence-corrected chi connectivity index (χ0v) is 28.6. The van der Waals surface area contributed by atoms with E-state index in [2.05, 4.69) is 44.2 Å². The first-order valence-electron chi connectivity index (χ1n) is 10.0. The van der Waals surface area contributed by atoms with Crippen molar-refractivity contribution in [1.82, 2.24) is 16.0 Å². The van der Waals surface area contributed by atoms with Crippen molar-refractivity contribution in [3.63, 3.8) is 0 Å². The molecule has 0 aliphatic rings. The minimum Gasteiger partial charge on any atom is -0.330 e. The van der Waals surface area contributed by atoms with Crippen LogP contribution in [0.25, 0.3) is 0 Å². The van der Waals surface area contributed by atoms with Crippen LogP contribution in [0.2, 0.25) is 20.5 Å². The van der Waals surface area contributed by atoms with E-state index in [0.717, 1.165) is 32.4 Å². The summed E-state index contributed by atoms with van der Waals surface area (Å²) in [5, 5.41) is 9.41. The average Bonchev–Trinajstić information content (AvgIpc) is 2.69. The van der Waals surface area contributed by atoms with Gasteiger partial charge in [-0.2, -0.15) is 0 Å². The summed E-state index contributed by atoms with van der Waals surface area (Å²) < 4.78 is 0. The van der Waals surface area contributed by atoms with Gasteiger partial charge >= 0.3 is 0 Å². The molecule has 29 heavy (non-hydrogen) atoms. The first-order valence-corrected chi connectivity index (χ1v) is 10.0. The molecule has 0 saturated heterocycles. The Bertz CT molecular complexity index is 237. The number of hydrogen-bond donors (Lipinski definition) is 6. The summed E-state index contributed by atoms with van der Waals surface area (Å²) in [6.45, 7) is 8.45. The van der Waals surface area contributed by atoms with Gasteiger partial charge in [-0.25, -0.2) is 0 Å². The molecule has 3 unspecified atom stereocenters. The number of likely N-dealkylation sites (N-methyl/N-ethyl adjacent to an activating group) is 1. The summed E-state index contributed by atoms with van der Waals surface area (Å²) in [4.78, 5) is 0. The fourth-order valence-corrected chi connectivity index (χ4v) is 2.22. The Balaban J connectivity index is -0.0000000659. The molecule has 0 spiro atoms. The van der Waals surface area contributed by atoms with Gasteiger partial charge in [0.05, 0.1) is 0 Å². The summed E-state index contributed by atoms with van der Waals surface area (Å²) in [6, 6.07) is 0. The summed E-state index contributed by atoms with van der Waals surface area (Å²) in [7, 11) is 12.3. The largest absolute Gasteiger partial charge is 0.330 e. The SMILES string of the molecule is C[B]C(CCCCN)NC.C[B]C(CCCN)NC.C[B]C(CN)NC.[Y].[Y].[Y]. The molecule has 0 heterocycles. The number of hydrogen-bond acceptors (Lipinski definition) is 6. The van der Waals surface area contributed by atoms with E-state index in [1.54, 1.807) is 0 Å². The molecule has 6 nitrogen and oxygen atoms in total. The summed E-state index contributed by atoms with van der Waals surface area (Å²) in [6.07, 6.45) is 5.85. The quantitative estimate of drug-likeness (QED) is 0.116. The van der Waals surface area contributed by atoms with Crippen molar-refractivity contribution in [1.29, 1.82) is 0 Å². The topological polar surface area (TPSA) is 114 Å². The van der Waals surface area contributed by atoms with Crippen molar-refractivity contribution in [2.75, 3.05) is 40.8 Å². The maximum absolute atomic E-state index is 5.37. The Morgan fingerprint density at radius 1 is 0.586 bits per heavy atom. The molecule has 0 rings (SSSR count). The van der Waals surface area contributed by atoms with Crippen LogP contribution in [0.3, 0.4) is 0 Å². The molecule has 0 bridgehead atoms. The van der Waals surface area contributed by atoms with E-state index in [-0.39, 0.29) is 98.1 Å². The Labute approximate surface area is 260 Å². The molecule has 0 aromatic carbocycles. The van der Waals surface area contributed by atoms with Gasteiger partial charge in [0.25, 0.3) is 0 Å². The van der Waals surface area contributed by atoms with Crippen LogP contribution in [-0.2, 0) is 98.1 Å². The molecule has 0 aromatic heterocycles. The number of nitrogens with one attached hydrogen (secondary N) is 3. The monoisotopic (exact) mass is 634 g/mol. The van der Waals surface area contributed by atoms with Crippen molar-refractivity contribution in [2.45, 2.75) is 70.4 Å². The number of unbranched alkanes of at least 4 members (excludes halogenated alkanes) is 1. The smallest absolute Gasteiger partial charge is 0.131 e. The molecule has 12 heteroatoms. The minimum absolute atomic E-state index is 0. The predicted octanol–water partition coefficient (Wildman–Crippen LogP) is -0.328. The van der Waals surface area contributed by atoms with Crippen LogP contribution in [0, 0.1) is 0 Å². The first kappa shape index (κ1) is 45.7. The van der Waals surface area contributed by atoms with Crippen molar-refractivity contribution in [3.05, 3.63) is 0 Å². The van der Waals surface area contributed by atoms with Gasteiger partial charge in [-0.3, -0.25) is 0 Å². The van der Waals surface area contributed by atoms with E-state index >= 15 is 0 Å². The number of nitrogens with two attached hydrogens (primary N) is 3. The minimum atomic E-state index is 0. The van der Waals surface area contributed by atoms with E-state index in [4.69, 9.17) is 17.2 Å². The summed E-state index contributed by atoms with van der Waals surface area (Å²) in [5.74, 6) is 1.51. The van der Waals surface area contributed by atoms with Crippen molar-refractivity contribution >= 4 is 21.8 Å². The van der Waals surface area contributed by atoms with Gasteiger partial charge < -0.3 is 33.2 Å². The van der Waals surface area contributed by atoms with Crippen molar-refractivity contribution < 1.29 is 98.1 Å². The standard InChI is InChI=1S/C7H18BN2.C6H16BN2.C4H12BN2.3Y/c1-8-7(10-2)5-3-4-6-9;1-7-6(9-2)4-3-5-8;1-5-4(3-6)7-2;;;/h7,10H,3-6,9H2,1-2H3;6,9H,3-5,8H2,1-2H3;4,7H,3,6H2,1-2H3;;;. The van der Waals surface area contributed by atoms with E-state index in [0.29, 0.717) is 24.4 Å². The van der Waals surface area contributed by atoms with Crippen LogP contribution in [0.1, 0.15) is 32.1 Å². The maximum Gasteiger partial charge on any atom is 0.131 e. The fourth-order valence-electron chi connectivity index (χ4n) is 2.22. The molecule has 0 aromatic rings. The predicted molar refractivity (Wildman–Crippen MR) is 124 cm³/mol. The van der Waals surface area contributed by atoms with Crippen molar-refractivity contribution in [3.8, 4) is 0 Å². The first-order chi connectivity index (χ1) is 12.5. The van der Waals surface area contributed by atoms with E-state index in [1.165, 1.54) is 12.8 Å². The van der Waals surface area contributed by atoms with E-state index in [9.17, 15) is 0 Å². The molecule has 6 radical (unpaired) electrons. The van der Waals surface area contributed by atoms with Gasteiger partial charge in [0.15, 0.2) is 0 Å². The molecule has 9 N–H and O–H groups in total. The Morgan fingerprint density at radius 2 is 0.931 bits per heavy atom. The summed E-state index contributed by atoms with van der Waals surface area (Å²) in [5.41, 5.74) is 16.0. The van der Waals surface area contributed by atoms with Gasteiger partial charge in [0, 0.05) is 105 Å². The van der Waals surface area contributed by atoms with Crippen LogP contribution in [0.4, 0.5) is 0 Å². The maximum atomic E-state index is 5.37. The second kappa shape index (κ2) is 41.5. The zero-order valence-electron chi connectivity index (χ0n) is 20.1. The molecule has 0 saturated carbocycles. The second-order valence-corrected chi connectivity index (χ2v) is 6.14. The average molecular weight is 634 g/mol. The van der Waals surface area contributed by atoms with Crippen LogP contribution in [0.15, 0.2) is 0 Å². The van der Waals surface area contributed by atoms with E-state index < -0.39 is 0 Å². The van der Waals surface area contributed by atoms with Gasteiger partial charge in [-0.05, 0) is 77.7 Å². The van der Waals surface area contributed by atoms with Gasteiger partial charge in [-0.1, -0.05) is 26.9 Å². The molecule has 0 aliphatic carbocycles. The fraction of sp³-hybridized carbons (Fsp3) is 1.00. The Morgan fingerprint density at radius 3 is 1.14 bits per heavy atom. The third kappa shape index (κ3) is 38.8. The Kier molecular flexibility index (Phi) is 65.4. The van der Waals surface area contributed by atoms with Crippen LogP contribution in [-0.4, -0.2) is 80.4 Å². The Hall–Kier alpha value is 3.27.